The first kappa shape index (κ1) is 14.2. The summed E-state index contributed by atoms with van der Waals surface area (Å²) in [7, 11) is 1.66. The van der Waals surface area contributed by atoms with Crippen molar-refractivity contribution in [2.24, 2.45) is 5.73 Å². The van der Waals surface area contributed by atoms with Crippen LogP contribution >= 0.6 is 0 Å². The van der Waals surface area contributed by atoms with Gasteiger partial charge >= 0.3 is 0 Å². The van der Waals surface area contributed by atoms with Crippen LogP contribution in [0, 0.1) is 0 Å². The van der Waals surface area contributed by atoms with E-state index < -0.39 is 0 Å². The molecule has 1 aromatic rings. The fraction of sp³-hybridized carbons (Fsp3) is 0.600. The van der Waals surface area contributed by atoms with E-state index in [9.17, 15) is 0 Å². The molecule has 1 aromatic carbocycles. The van der Waals surface area contributed by atoms with E-state index in [0.29, 0.717) is 6.61 Å². The van der Waals surface area contributed by atoms with E-state index >= 15 is 0 Å². The van der Waals surface area contributed by atoms with Crippen LogP contribution in [0.25, 0.3) is 0 Å². The van der Waals surface area contributed by atoms with E-state index in [1.54, 1.807) is 7.11 Å². The molecule has 0 spiro atoms. The third-order valence-corrected chi connectivity index (χ3v) is 3.07. The van der Waals surface area contributed by atoms with Gasteiger partial charge < -0.3 is 19.9 Å². The zero-order chi connectivity index (χ0) is 13.9. The molecule has 1 saturated heterocycles. The second-order valence-electron chi connectivity index (χ2n) is 5.75. The van der Waals surface area contributed by atoms with Crippen molar-refractivity contribution in [1.29, 1.82) is 0 Å². The minimum atomic E-state index is -0.229. The molecule has 1 aliphatic rings. The number of hydrogen-bond donors (Lipinski definition) is 1. The van der Waals surface area contributed by atoms with E-state index in [1.807, 2.05) is 32.0 Å². The molecule has 4 nitrogen and oxygen atoms in total. The van der Waals surface area contributed by atoms with E-state index in [4.69, 9.17) is 19.9 Å². The summed E-state index contributed by atoms with van der Waals surface area (Å²) in [6.45, 7) is 5.45. The summed E-state index contributed by atoms with van der Waals surface area (Å²) in [5, 5.41) is 0. The molecule has 2 rings (SSSR count). The quantitative estimate of drug-likeness (QED) is 0.886. The molecule has 1 aliphatic heterocycles. The molecule has 2 N–H and O–H groups in total. The van der Waals surface area contributed by atoms with Crippen molar-refractivity contribution < 1.29 is 14.2 Å². The van der Waals surface area contributed by atoms with Gasteiger partial charge in [0.05, 0.1) is 20.3 Å². The Morgan fingerprint density at radius 2 is 2.16 bits per heavy atom. The zero-order valence-electron chi connectivity index (χ0n) is 11.9. The van der Waals surface area contributed by atoms with Gasteiger partial charge in [-0.05, 0) is 38.0 Å². The summed E-state index contributed by atoms with van der Waals surface area (Å²) >= 11 is 0. The highest BCUT2D eigenvalue weighted by molar-refractivity contribution is 5.43. The first-order valence-corrected chi connectivity index (χ1v) is 6.68. The second-order valence-corrected chi connectivity index (χ2v) is 5.75. The standard InChI is InChI=1S/C15H23NO3/c1-15(2,16)9-11-4-5-13(14(8-11)17-3)19-12-6-7-18-10-12/h4-5,8,12H,6-7,9-10,16H2,1-3H3. The Hall–Kier alpha value is -1.26. The predicted octanol–water partition coefficient (Wildman–Crippen LogP) is 2.14. The van der Waals surface area contributed by atoms with Gasteiger partial charge in [-0.2, -0.15) is 0 Å². The molecular formula is C15H23NO3. The van der Waals surface area contributed by atoms with Gasteiger partial charge in [0.25, 0.3) is 0 Å². The van der Waals surface area contributed by atoms with Crippen LogP contribution in [0.3, 0.4) is 0 Å². The average molecular weight is 265 g/mol. The molecule has 106 valence electrons. The summed E-state index contributed by atoms with van der Waals surface area (Å²) in [4.78, 5) is 0. The van der Waals surface area contributed by atoms with Gasteiger partial charge in [0.1, 0.15) is 6.10 Å². The highest BCUT2D eigenvalue weighted by Crippen LogP contribution is 2.31. The summed E-state index contributed by atoms with van der Waals surface area (Å²) in [6, 6.07) is 6.00. The Labute approximate surface area is 114 Å². The molecule has 0 bridgehead atoms. The van der Waals surface area contributed by atoms with Crippen LogP contribution in [0.4, 0.5) is 0 Å². The monoisotopic (exact) mass is 265 g/mol. The van der Waals surface area contributed by atoms with Crippen LogP contribution in [0.15, 0.2) is 18.2 Å². The van der Waals surface area contributed by atoms with Crippen molar-refractivity contribution in [3.63, 3.8) is 0 Å². The first-order chi connectivity index (χ1) is 8.98. The number of ether oxygens (including phenoxy) is 3. The number of benzene rings is 1. The van der Waals surface area contributed by atoms with Crippen LogP contribution < -0.4 is 15.2 Å². The van der Waals surface area contributed by atoms with E-state index in [-0.39, 0.29) is 11.6 Å². The Kier molecular flexibility index (Phi) is 4.32. The topological polar surface area (TPSA) is 53.7 Å². The molecular weight excluding hydrogens is 242 g/mol. The smallest absolute Gasteiger partial charge is 0.161 e. The summed E-state index contributed by atoms with van der Waals surface area (Å²) in [5.74, 6) is 1.53. The minimum absolute atomic E-state index is 0.130. The molecule has 1 unspecified atom stereocenters. The molecule has 1 atom stereocenters. The number of methoxy groups -OCH3 is 1. The summed E-state index contributed by atoms with van der Waals surface area (Å²) in [6.07, 6.45) is 1.86. The highest BCUT2D eigenvalue weighted by atomic mass is 16.6. The first-order valence-electron chi connectivity index (χ1n) is 6.68. The lowest BCUT2D eigenvalue weighted by atomic mass is 9.96. The van der Waals surface area contributed by atoms with Crippen molar-refractivity contribution in [2.45, 2.75) is 38.3 Å². The van der Waals surface area contributed by atoms with Crippen LogP contribution in [0.5, 0.6) is 11.5 Å². The number of rotatable bonds is 5. The lowest BCUT2D eigenvalue weighted by Gasteiger charge is -2.20. The van der Waals surface area contributed by atoms with E-state index in [1.165, 1.54) is 0 Å². The van der Waals surface area contributed by atoms with Crippen molar-refractivity contribution in [3.8, 4) is 11.5 Å². The van der Waals surface area contributed by atoms with Crippen LogP contribution in [0.1, 0.15) is 25.8 Å². The molecule has 0 aliphatic carbocycles. The highest BCUT2D eigenvalue weighted by Gasteiger charge is 2.20. The summed E-state index contributed by atoms with van der Waals surface area (Å²) < 4.78 is 16.6. The Morgan fingerprint density at radius 1 is 1.37 bits per heavy atom. The maximum atomic E-state index is 6.04. The fourth-order valence-electron chi connectivity index (χ4n) is 2.23. The Balaban J connectivity index is 2.11. The average Bonchev–Trinajstić information content (AvgIpc) is 2.82. The maximum absolute atomic E-state index is 6.04. The van der Waals surface area contributed by atoms with Gasteiger partial charge in [-0.3, -0.25) is 0 Å². The minimum Gasteiger partial charge on any atom is -0.493 e. The van der Waals surface area contributed by atoms with Crippen LogP contribution in [-0.2, 0) is 11.2 Å². The molecule has 0 amide bonds. The van der Waals surface area contributed by atoms with Crippen LogP contribution in [-0.4, -0.2) is 32.0 Å². The largest absolute Gasteiger partial charge is 0.493 e. The van der Waals surface area contributed by atoms with Gasteiger partial charge in [0.2, 0.25) is 0 Å². The lowest BCUT2D eigenvalue weighted by Crippen LogP contribution is -2.34. The van der Waals surface area contributed by atoms with Gasteiger partial charge in [0.15, 0.2) is 11.5 Å². The normalized spacial score (nSPS) is 19.5. The van der Waals surface area contributed by atoms with Crippen molar-refractivity contribution in [1.82, 2.24) is 0 Å². The zero-order valence-corrected chi connectivity index (χ0v) is 11.9. The van der Waals surface area contributed by atoms with Gasteiger partial charge in [-0.25, -0.2) is 0 Å². The van der Waals surface area contributed by atoms with Crippen molar-refractivity contribution >= 4 is 0 Å². The van der Waals surface area contributed by atoms with Gasteiger partial charge in [0, 0.05) is 12.0 Å². The van der Waals surface area contributed by atoms with E-state index in [2.05, 4.69) is 0 Å². The third kappa shape index (κ3) is 4.11. The van der Waals surface area contributed by atoms with Gasteiger partial charge in [-0.1, -0.05) is 6.07 Å². The number of nitrogens with two attached hydrogens (primary N) is 1. The molecule has 0 radical (unpaired) electrons. The number of hydrogen-bond acceptors (Lipinski definition) is 4. The molecule has 1 heterocycles. The third-order valence-electron chi connectivity index (χ3n) is 3.07. The molecule has 1 fully saturated rings. The summed E-state index contributed by atoms with van der Waals surface area (Å²) in [5.41, 5.74) is 6.96. The van der Waals surface area contributed by atoms with E-state index in [0.717, 1.165) is 36.5 Å². The lowest BCUT2D eigenvalue weighted by molar-refractivity contribution is 0.138. The molecule has 0 saturated carbocycles. The predicted molar refractivity (Wildman–Crippen MR) is 74.8 cm³/mol. The fourth-order valence-corrected chi connectivity index (χ4v) is 2.23. The molecule has 0 aromatic heterocycles. The van der Waals surface area contributed by atoms with Crippen LogP contribution in [0.2, 0.25) is 0 Å². The van der Waals surface area contributed by atoms with Crippen molar-refractivity contribution in [2.75, 3.05) is 20.3 Å². The van der Waals surface area contributed by atoms with Crippen molar-refractivity contribution in [3.05, 3.63) is 23.8 Å². The Morgan fingerprint density at radius 3 is 2.74 bits per heavy atom. The Bertz CT molecular complexity index is 420. The molecule has 4 heteroatoms. The second kappa shape index (κ2) is 5.80. The van der Waals surface area contributed by atoms with Gasteiger partial charge in [-0.15, -0.1) is 0 Å². The maximum Gasteiger partial charge on any atom is 0.161 e. The SMILES string of the molecule is COc1cc(CC(C)(C)N)ccc1OC1CCOC1. The molecule has 19 heavy (non-hydrogen) atoms.